The molecule has 0 saturated heterocycles. The summed E-state index contributed by atoms with van der Waals surface area (Å²) in [5, 5.41) is 13.9. The van der Waals surface area contributed by atoms with Crippen LogP contribution in [-0.2, 0) is 0 Å². The van der Waals surface area contributed by atoms with Crippen LogP contribution in [0.3, 0.4) is 0 Å². The zero-order valence-electron chi connectivity index (χ0n) is 12.4. The van der Waals surface area contributed by atoms with E-state index < -0.39 is 0 Å². The Bertz CT molecular complexity index is 985. The Morgan fingerprint density at radius 3 is 2.87 bits per heavy atom. The van der Waals surface area contributed by atoms with Gasteiger partial charge in [-0.15, -0.1) is 10.2 Å². The number of nitrogens with zero attached hydrogens (tertiary/aromatic N) is 5. The van der Waals surface area contributed by atoms with E-state index in [9.17, 15) is 0 Å². The first-order valence-corrected chi connectivity index (χ1v) is 7.99. The average molecular weight is 319 g/mol. The van der Waals surface area contributed by atoms with Crippen molar-refractivity contribution >= 4 is 28.4 Å². The van der Waals surface area contributed by atoms with E-state index in [1.54, 1.807) is 16.9 Å². The molecule has 0 aliphatic heterocycles. The zero-order valence-corrected chi connectivity index (χ0v) is 13.2. The number of rotatable bonds is 3. The van der Waals surface area contributed by atoms with Crippen molar-refractivity contribution < 1.29 is 0 Å². The Morgan fingerprint density at radius 1 is 1.09 bits per heavy atom. The third-order valence-corrected chi connectivity index (χ3v) is 4.25. The minimum absolute atomic E-state index is 0.708. The predicted octanol–water partition coefficient (Wildman–Crippen LogP) is 3.73. The summed E-state index contributed by atoms with van der Waals surface area (Å²) in [5.41, 5.74) is 3.30. The molecule has 4 aromatic rings. The van der Waals surface area contributed by atoms with Crippen LogP contribution in [-0.4, -0.2) is 24.8 Å². The lowest BCUT2D eigenvalue weighted by Gasteiger charge is -1.95. The first kappa shape index (κ1) is 13.8. The van der Waals surface area contributed by atoms with Gasteiger partial charge in [-0.25, -0.2) is 0 Å². The monoisotopic (exact) mass is 319 g/mol. The summed E-state index contributed by atoms with van der Waals surface area (Å²) in [6.45, 7) is 2.08. The Labute approximate surface area is 137 Å². The van der Waals surface area contributed by atoms with Crippen LogP contribution in [0.25, 0.3) is 28.5 Å². The van der Waals surface area contributed by atoms with Crippen LogP contribution in [0, 0.1) is 6.92 Å². The van der Waals surface area contributed by atoms with Gasteiger partial charge in [0.25, 0.3) is 0 Å². The van der Waals surface area contributed by atoms with Gasteiger partial charge in [-0.3, -0.25) is 4.98 Å². The molecule has 0 fully saturated rings. The molecule has 0 amide bonds. The highest BCUT2D eigenvalue weighted by molar-refractivity contribution is 7.17. The molecular formula is C17H13N5S. The van der Waals surface area contributed by atoms with E-state index in [-0.39, 0.29) is 0 Å². The minimum Gasteiger partial charge on any atom is -0.264 e. The van der Waals surface area contributed by atoms with Crippen LogP contribution in [0.2, 0.25) is 0 Å². The molecule has 5 nitrogen and oxygen atoms in total. The fraction of sp³-hybridized carbons (Fsp3) is 0.0588. The van der Waals surface area contributed by atoms with Crippen molar-refractivity contribution in [2.45, 2.75) is 6.92 Å². The summed E-state index contributed by atoms with van der Waals surface area (Å²) in [4.78, 5) is 4.89. The maximum atomic E-state index is 4.58. The maximum Gasteiger partial charge on any atom is 0.235 e. The number of hydrogen-bond acceptors (Lipinski definition) is 5. The van der Waals surface area contributed by atoms with E-state index in [2.05, 4.69) is 51.5 Å². The molecule has 0 radical (unpaired) electrons. The lowest BCUT2D eigenvalue weighted by Crippen LogP contribution is -1.91. The molecular weight excluding hydrogens is 306 g/mol. The van der Waals surface area contributed by atoms with Crippen molar-refractivity contribution in [3.05, 3.63) is 64.9 Å². The van der Waals surface area contributed by atoms with Crippen molar-refractivity contribution in [1.82, 2.24) is 24.8 Å². The number of aromatic nitrogens is 5. The fourth-order valence-electron chi connectivity index (χ4n) is 2.32. The van der Waals surface area contributed by atoms with E-state index >= 15 is 0 Å². The highest BCUT2D eigenvalue weighted by Gasteiger charge is 2.12. The fourth-order valence-corrected chi connectivity index (χ4v) is 3.06. The van der Waals surface area contributed by atoms with Crippen molar-refractivity contribution in [3.8, 4) is 11.4 Å². The topological polar surface area (TPSA) is 56.0 Å². The Morgan fingerprint density at radius 2 is 2.04 bits per heavy atom. The molecule has 0 aliphatic rings. The van der Waals surface area contributed by atoms with E-state index in [4.69, 9.17) is 0 Å². The molecule has 0 bridgehead atoms. The SMILES string of the molecule is Cc1cccc(C=Cc2nn3c(-c4cccnc4)nnc3s2)c1. The van der Waals surface area contributed by atoms with E-state index in [1.165, 1.54) is 16.9 Å². The first-order chi connectivity index (χ1) is 11.3. The van der Waals surface area contributed by atoms with Crippen molar-refractivity contribution in [2.75, 3.05) is 0 Å². The summed E-state index contributed by atoms with van der Waals surface area (Å²) >= 11 is 1.51. The van der Waals surface area contributed by atoms with Gasteiger partial charge in [-0.05, 0) is 30.7 Å². The second-order valence-electron chi connectivity index (χ2n) is 5.15. The zero-order chi connectivity index (χ0) is 15.6. The Balaban J connectivity index is 1.69. The lowest BCUT2D eigenvalue weighted by molar-refractivity contribution is 0.958. The van der Waals surface area contributed by atoms with Crippen LogP contribution in [0.4, 0.5) is 0 Å². The summed E-state index contributed by atoms with van der Waals surface area (Å²) in [5.74, 6) is 0.708. The summed E-state index contributed by atoms with van der Waals surface area (Å²) < 4.78 is 1.76. The van der Waals surface area contributed by atoms with E-state index in [1.807, 2.05) is 24.3 Å². The molecule has 0 atom stereocenters. The van der Waals surface area contributed by atoms with Gasteiger partial charge >= 0.3 is 0 Å². The molecule has 6 heteroatoms. The summed E-state index contributed by atoms with van der Waals surface area (Å²) in [6.07, 6.45) is 7.56. The number of benzene rings is 1. The second-order valence-corrected chi connectivity index (χ2v) is 6.14. The van der Waals surface area contributed by atoms with Crippen LogP contribution < -0.4 is 0 Å². The minimum atomic E-state index is 0.708. The van der Waals surface area contributed by atoms with Crippen LogP contribution >= 0.6 is 11.3 Å². The van der Waals surface area contributed by atoms with Crippen molar-refractivity contribution in [1.29, 1.82) is 0 Å². The van der Waals surface area contributed by atoms with E-state index in [0.29, 0.717) is 5.82 Å². The molecule has 1 aromatic carbocycles. The molecule has 0 aliphatic carbocycles. The number of fused-ring (bicyclic) bond motifs is 1. The van der Waals surface area contributed by atoms with Gasteiger partial charge in [0, 0.05) is 18.0 Å². The Hall–Kier alpha value is -2.86. The largest absolute Gasteiger partial charge is 0.264 e. The quantitative estimate of drug-likeness (QED) is 0.577. The highest BCUT2D eigenvalue weighted by Crippen LogP contribution is 2.22. The maximum absolute atomic E-state index is 4.58. The molecule has 3 heterocycles. The molecule has 0 N–H and O–H groups in total. The number of pyridine rings is 1. The molecule has 3 aromatic heterocycles. The molecule has 0 unspecified atom stereocenters. The van der Waals surface area contributed by atoms with Gasteiger partial charge in [0.2, 0.25) is 4.96 Å². The third-order valence-electron chi connectivity index (χ3n) is 3.39. The van der Waals surface area contributed by atoms with Gasteiger partial charge in [-0.1, -0.05) is 47.2 Å². The normalized spacial score (nSPS) is 11.5. The Kier molecular flexibility index (Phi) is 3.44. The van der Waals surface area contributed by atoms with Gasteiger partial charge in [0.1, 0.15) is 5.01 Å². The average Bonchev–Trinajstić information content (AvgIpc) is 3.14. The first-order valence-electron chi connectivity index (χ1n) is 7.17. The van der Waals surface area contributed by atoms with Crippen molar-refractivity contribution in [3.63, 3.8) is 0 Å². The predicted molar refractivity (Wildman–Crippen MR) is 92.0 cm³/mol. The third kappa shape index (κ3) is 2.76. The van der Waals surface area contributed by atoms with Crippen LogP contribution in [0.5, 0.6) is 0 Å². The van der Waals surface area contributed by atoms with Gasteiger partial charge in [0.05, 0.1) is 0 Å². The van der Waals surface area contributed by atoms with Crippen LogP contribution in [0.1, 0.15) is 16.1 Å². The van der Waals surface area contributed by atoms with Crippen molar-refractivity contribution in [2.24, 2.45) is 0 Å². The lowest BCUT2D eigenvalue weighted by atomic mass is 10.1. The molecule has 4 rings (SSSR count). The number of aryl methyl sites for hydroxylation is 1. The molecule has 112 valence electrons. The molecule has 23 heavy (non-hydrogen) atoms. The van der Waals surface area contributed by atoms with Gasteiger partial charge in [0.15, 0.2) is 5.82 Å². The molecule has 0 saturated carbocycles. The van der Waals surface area contributed by atoms with Gasteiger partial charge < -0.3 is 0 Å². The van der Waals surface area contributed by atoms with E-state index in [0.717, 1.165) is 21.1 Å². The smallest absolute Gasteiger partial charge is 0.235 e. The highest BCUT2D eigenvalue weighted by atomic mass is 32.1. The van der Waals surface area contributed by atoms with Gasteiger partial charge in [-0.2, -0.15) is 9.61 Å². The molecule has 0 spiro atoms. The number of hydrogen-bond donors (Lipinski definition) is 0. The summed E-state index contributed by atoms with van der Waals surface area (Å²) in [7, 11) is 0. The summed E-state index contributed by atoms with van der Waals surface area (Å²) in [6, 6.07) is 12.2. The van der Waals surface area contributed by atoms with Crippen LogP contribution in [0.15, 0.2) is 48.8 Å². The standard InChI is InChI=1S/C17H13N5S/c1-12-4-2-5-13(10-12)7-8-15-21-22-16(19-20-17(22)23-15)14-6-3-9-18-11-14/h2-11H,1H3. The second kappa shape index (κ2) is 5.73.